The van der Waals surface area contributed by atoms with Gasteiger partial charge in [0.25, 0.3) is 0 Å². The standard InChI is InChI=1S/C12H9BrO3/c13-10-4-2-1-3-8(10)7-9-5-6-11(14)16-12(9)15/h1-4,7H,5-6H2/b9-7+. The molecule has 82 valence electrons. The van der Waals surface area contributed by atoms with E-state index in [9.17, 15) is 9.59 Å². The lowest BCUT2D eigenvalue weighted by Gasteiger charge is -2.12. The fourth-order valence-electron chi connectivity index (χ4n) is 1.47. The first-order valence-electron chi connectivity index (χ1n) is 4.87. The molecule has 0 N–H and O–H groups in total. The molecule has 0 amide bonds. The molecule has 0 atom stereocenters. The maximum atomic E-state index is 11.4. The van der Waals surface area contributed by atoms with Crippen LogP contribution in [0.3, 0.4) is 0 Å². The predicted molar refractivity (Wildman–Crippen MR) is 62.5 cm³/mol. The van der Waals surface area contributed by atoms with E-state index in [1.807, 2.05) is 24.3 Å². The Morgan fingerprint density at radius 1 is 1.19 bits per heavy atom. The third-order valence-corrected chi connectivity index (χ3v) is 3.02. The molecule has 0 radical (unpaired) electrons. The minimum absolute atomic E-state index is 0.266. The Bertz CT molecular complexity index is 477. The molecule has 1 aromatic carbocycles. The fraction of sp³-hybridized carbons (Fsp3) is 0.167. The van der Waals surface area contributed by atoms with Gasteiger partial charge in [0.05, 0.1) is 6.42 Å². The van der Waals surface area contributed by atoms with Crippen LogP contribution in [0.4, 0.5) is 0 Å². The Hall–Kier alpha value is -1.42. The molecule has 2 rings (SSSR count). The third-order valence-electron chi connectivity index (χ3n) is 2.30. The topological polar surface area (TPSA) is 43.4 Å². The van der Waals surface area contributed by atoms with Gasteiger partial charge in [0, 0.05) is 10.0 Å². The van der Waals surface area contributed by atoms with Crippen molar-refractivity contribution in [2.24, 2.45) is 0 Å². The Morgan fingerprint density at radius 3 is 2.62 bits per heavy atom. The average Bonchev–Trinajstić information content (AvgIpc) is 2.25. The van der Waals surface area contributed by atoms with Gasteiger partial charge in [-0.15, -0.1) is 0 Å². The van der Waals surface area contributed by atoms with Crippen molar-refractivity contribution in [3.63, 3.8) is 0 Å². The molecule has 0 aliphatic carbocycles. The first-order chi connectivity index (χ1) is 7.66. The molecule has 0 aromatic heterocycles. The van der Waals surface area contributed by atoms with Crippen molar-refractivity contribution in [1.82, 2.24) is 0 Å². The van der Waals surface area contributed by atoms with Crippen molar-refractivity contribution in [1.29, 1.82) is 0 Å². The number of carbonyl (C=O) groups is 2. The van der Waals surface area contributed by atoms with Gasteiger partial charge < -0.3 is 4.74 Å². The molecule has 1 fully saturated rings. The Morgan fingerprint density at radius 2 is 1.94 bits per heavy atom. The first kappa shape index (κ1) is 11.1. The molecule has 0 unspecified atom stereocenters. The van der Waals surface area contributed by atoms with E-state index in [0.717, 1.165) is 10.0 Å². The summed E-state index contributed by atoms with van der Waals surface area (Å²) < 4.78 is 5.46. The molecule has 1 saturated heterocycles. The summed E-state index contributed by atoms with van der Waals surface area (Å²) >= 11 is 3.39. The summed E-state index contributed by atoms with van der Waals surface area (Å²) in [6.45, 7) is 0. The van der Waals surface area contributed by atoms with E-state index >= 15 is 0 Å². The minimum Gasteiger partial charge on any atom is -0.390 e. The van der Waals surface area contributed by atoms with E-state index in [1.54, 1.807) is 6.08 Å². The zero-order chi connectivity index (χ0) is 11.5. The van der Waals surface area contributed by atoms with Crippen molar-refractivity contribution in [3.8, 4) is 0 Å². The van der Waals surface area contributed by atoms with E-state index in [0.29, 0.717) is 12.0 Å². The van der Waals surface area contributed by atoms with Gasteiger partial charge in [0.1, 0.15) is 0 Å². The second-order valence-electron chi connectivity index (χ2n) is 3.45. The maximum Gasteiger partial charge on any atom is 0.341 e. The van der Waals surface area contributed by atoms with Crippen LogP contribution in [0.25, 0.3) is 6.08 Å². The van der Waals surface area contributed by atoms with Crippen molar-refractivity contribution in [3.05, 3.63) is 39.9 Å². The second kappa shape index (κ2) is 4.61. The summed E-state index contributed by atoms with van der Waals surface area (Å²) in [5.74, 6) is -0.985. The summed E-state index contributed by atoms with van der Waals surface area (Å²) in [5, 5.41) is 0. The lowest BCUT2D eigenvalue weighted by atomic mass is 10.0. The van der Waals surface area contributed by atoms with E-state index in [-0.39, 0.29) is 6.42 Å². The van der Waals surface area contributed by atoms with E-state index in [1.165, 1.54) is 0 Å². The van der Waals surface area contributed by atoms with Crippen LogP contribution in [-0.2, 0) is 14.3 Å². The van der Waals surface area contributed by atoms with Crippen LogP contribution in [0.2, 0.25) is 0 Å². The van der Waals surface area contributed by atoms with Crippen molar-refractivity contribution in [2.45, 2.75) is 12.8 Å². The van der Waals surface area contributed by atoms with Gasteiger partial charge in [0.2, 0.25) is 0 Å². The number of halogens is 1. The van der Waals surface area contributed by atoms with Gasteiger partial charge >= 0.3 is 11.9 Å². The van der Waals surface area contributed by atoms with Crippen LogP contribution in [0.5, 0.6) is 0 Å². The number of benzene rings is 1. The Labute approximate surface area is 101 Å². The molecule has 3 nitrogen and oxygen atoms in total. The van der Waals surface area contributed by atoms with Crippen LogP contribution < -0.4 is 0 Å². The molecule has 1 aromatic rings. The number of carbonyl (C=O) groups excluding carboxylic acids is 2. The van der Waals surface area contributed by atoms with Crippen LogP contribution in [0.1, 0.15) is 18.4 Å². The minimum atomic E-state index is -0.535. The summed E-state index contributed by atoms with van der Waals surface area (Å²) in [7, 11) is 0. The summed E-state index contributed by atoms with van der Waals surface area (Å²) in [4.78, 5) is 22.3. The molecule has 1 aliphatic heterocycles. The van der Waals surface area contributed by atoms with Crippen LogP contribution in [0.15, 0.2) is 34.3 Å². The molecule has 4 heteroatoms. The molecule has 16 heavy (non-hydrogen) atoms. The van der Waals surface area contributed by atoms with Crippen LogP contribution in [-0.4, -0.2) is 11.9 Å². The SMILES string of the molecule is O=C1CC/C(=C\c2ccccc2Br)C(=O)O1. The number of cyclic esters (lactones) is 2. The monoisotopic (exact) mass is 280 g/mol. The molecule has 1 heterocycles. The number of rotatable bonds is 1. The van der Waals surface area contributed by atoms with Crippen molar-refractivity contribution >= 4 is 33.9 Å². The zero-order valence-corrected chi connectivity index (χ0v) is 9.99. The quantitative estimate of drug-likeness (QED) is 0.451. The highest BCUT2D eigenvalue weighted by molar-refractivity contribution is 9.10. The number of esters is 2. The number of ether oxygens (including phenoxy) is 1. The van der Waals surface area contributed by atoms with Crippen LogP contribution >= 0.6 is 15.9 Å². The first-order valence-corrected chi connectivity index (χ1v) is 5.66. The highest BCUT2D eigenvalue weighted by Gasteiger charge is 2.22. The molecule has 0 spiro atoms. The van der Waals surface area contributed by atoms with E-state index < -0.39 is 11.9 Å². The van der Waals surface area contributed by atoms with Crippen LogP contribution in [0, 0.1) is 0 Å². The summed E-state index contributed by atoms with van der Waals surface area (Å²) in [6.07, 6.45) is 2.46. The third kappa shape index (κ3) is 2.39. The lowest BCUT2D eigenvalue weighted by Crippen LogP contribution is -2.20. The zero-order valence-electron chi connectivity index (χ0n) is 8.40. The van der Waals surface area contributed by atoms with E-state index in [4.69, 9.17) is 0 Å². The van der Waals surface area contributed by atoms with Gasteiger partial charge in [-0.2, -0.15) is 0 Å². The maximum absolute atomic E-state index is 11.4. The molecular weight excluding hydrogens is 272 g/mol. The molecular formula is C12H9BrO3. The van der Waals surface area contributed by atoms with Crippen molar-refractivity contribution < 1.29 is 14.3 Å². The molecule has 0 saturated carbocycles. The number of hydrogen-bond acceptors (Lipinski definition) is 3. The molecule has 1 aliphatic rings. The largest absolute Gasteiger partial charge is 0.390 e. The molecule has 0 bridgehead atoms. The summed E-state index contributed by atoms with van der Waals surface area (Å²) in [6, 6.07) is 7.57. The van der Waals surface area contributed by atoms with Gasteiger partial charge in [-0.3, -0.25) is 4.79 Å². The van der Waals surface area contributed by atoms with Gasteiger partial charge in [-0.25, -0.2) is 4.79 Å². The summed E-state index contributed by atoms with van der Waals surface area (Å²) in [5.41, 5.74) is 1.44. The predicted octanol–water partition coefficient (Wildman–Crippen LogP) is 2.70. The lowest BCUT2D eigenvalue weighted by molar-refractivity contribution is -0.159. The van der Waals surface area contributed by atoms with E-state index in [2.05, 4.69) is 20.7 Å². The highest BCUT2D eigenvalue weighted by atomic mass is 79.9. The van der Waals surface area contributed by atoms with Gasteiger partial charge in [-0.05, 0) is 24.1 Å². The van der Waals surface area contributed by atoms with Gasteiger partial charge in [-0.1, -0.05) is 34.1 Å². The Kier molecular flexibility index (Phi) is 3.19. The smallest absolute Gasteiger partial charge is 0.341 e. The number of hydrogen-bond donors (Lipinski definition) is 0. The van der Waals surface area contributed by atoms with Gasteiger partial charge in [0.15, 0.2) is 0 Å². The van der Waals surface area contributed by atoms with Crippen molar-refractivity contribution in [2.75, 3.05) is 0 Å². The average molecular weight is 281 g/mol. The highest BCUT2D eigenvalue weighted by Crippen LogP contribution is 2.23. The fourth-order valence-corrected chi connectivity index (χ4v) is 1.87. The normalized spacial score (nSPS) is 18.7. The second-order valence-corrected chi connectivity index (χ2v) is 4.31. The Balaban J connectivity index is 2.28.